The molecule has 2 heterocycles. The number of amides is 1. The van der Waals surface area contributed by atoms with Crippen LogP contribution in [0.1, 0.15) is 37.2 Å². The number of aromatic nitrogens is 2. The van der Waals surface area contributed by atoms with E-state index in [2.05, 4.69) is 9.97 Å². The number of likely N-dealkylation sites (tertiary alicyclic amines) is 1. The van der Waals surface area contributed by atoms with Crippen molar-refractivity contribution >= 4 is 5.91 Å². The van der Waals surface area contributed by atoms with E-state index >= 15 is 0 Å². The van der Waals surface area contributed by atoms with Gasteiger partial charge in [-0.05, 0) is 31.9 Å². The molecule has 1 aliphatic heterocycles. The number of aryl methyl sites for hydroxylation is 1. The van der Waals surface area contributed by atoms with E-state index in [4.69, 9.17) is 4.74 Å². The van der Waals surface area contributed by atoms with Crippen LogP contribution in [0.15, 0.2) is 36.4 Å². The molecule has 23 heavy (non-hydrogen) atoms. The molecule has 0 aliphatic carbocycles. The van der Waals surface area contributed by atoms with Crippen LogP contribution in [0.5, 0.6) is 11.6 Å². The summed E-state index contributed by atoms with van der Waals surface area (Å²) < 4.78 is 5.83. The lowest BCUT2D eigenvalue weighted by Gasteiger charge is -2.31. The molecule has 5 heteroatoms. The van der Waals surface area contributed by atoms with Gasteiger partial charge >= 0.3 is 0 Å². The lowest BCUT2D eigenvalue weighted by molar-refractivity contribution is -0.130. The highest BCUT2D eigenvalue weighted by Gasteiger charge is 2.25. The molecule has 1 aliphatic rings. The molecule has 0 N–H and O–H groups in total. The number of rotatable bonds is 3. The zero-order valence-corrected chi connectivity index (χ0v) is 13.5. The number of nitrogens with zero attached hydrogens (tertiary/aromatic N) is 3. The lowest BCUT2D eigenvalue weighted by atomic mass is 9.97. The van der Waals surface area contributed by atoms with E-state index in [1.807, 2.05) is 48.2 Å². The summed E-state index contributed by atoms with van der Waals surface area (Å²) in [7, 11) is 0. The van der Waals surface area contributed by atoms with E-state index in [0.29, 0.717) is 12.4 Å². The second-order valence-electron chi connectivity index (χ2n) is 5.93. The van der Waals surface area contributed by atoms with E-state index in [1.54, 1.807) is 6.92 Å². The van der Waals surface area contributed by atoms with E-state index in [-0.39, 0.29) is 11.8 Å². The highest BCUT2D eigenvalue weighted by molar-refractivity contribution is 5.73. The summed E-state index contributed by atoms with van der Waals surface area (Å²) in [5.41, 5.74) is 0.876. The molecule has 5 nitrogen and oxygen atoms in total. The Hall–Kier alpha value is -2.43. The van der Waals surface area contributed by atoms with Crippen molar-refractivity contribution in [2.75, 3.05) is 13.1 Å². The topological polar surface area (TPSA) is 55.3 Å². The van der Waals surface area contributed by atoms with Crippen molar-refractivity contribution in [1.82, 2.24) is 14.9 Å². The van der Waals surface area contributed by atoms with Crippen molar-refractivity contribution in [3.8, 4) is 11.6 Å². The second-order valence-corrected chi connectivity index (χ2v) is 5.93. The molecule has 1 fully saturated rings. The zero-order chi connectivity index (χ0) is 16.2. The van der Waals surface area contributed by atoms with Crippen molar-refractivity contribution in [3.05, 3.63) is 47.9 Å². The highest BCUT2D eigenvalue weighted by Crippen LogP contribution is 2.27. The predicted octanol–water partition coefficient (Wildman–Crippen LogP) is 3.30. The van der Waals surface area contributed by atoms with Crippen LogP contribution in [-0.2, 0) is 4.79 Å². The Kier molecular flexibility index (Phi) is 4.55. The summed E-state index contributed by atoms with van der Waals surface area (Å²) in [6, 6.07) is 11.4. The fraction of sp³-hybridized carbons (Fsp3) is 0.389. The Balaban J connectivity index is 1.81. The first-order chi connectivity index (χ1) is 11.1. The van der Waals surface area contributed by atoms with Crippen LogP contribution in [-0.4, -0.2) is 33.9 Å². The minimum atomic E-state index is 0.114. The van der Waals surface area contributed by atoms with Crippen LogP contribution in [0, 0.1) is 6.92 Å². The maximum Gasteiger partial charge on any atom is 0.222 e. The van der Waals surface area contributed by atoms with Crippen LogP contribution in [0.2, 0.25) is 0 Å². The molecule has 0 saturated carbocycles. The first-order valence-electron chi connectivity index (χ1n) is 7.96. The molecule has 0 spiro atoms. The van der Waals surface area contributed by atoms with Gasteiger partial charge < -0.3 is 9.64 Å². The summed E-state index contributed by atoms with van der Waals surface area (Å²) >= 11 is 0. The molecule has 2 aromatic rings. The minimum Gasteiger partial charge on any atom is -0.439 e. The number of carbonyl (C=O) groups excluding carboxylic acids is 1. The number of hydrogen-bond acceptors (Lipinski definition) is 4. The molecular weight excluding hydrogens is 290 g/mol. The number of piperidine rings is 1. The highest BCUT2D eigenvalue weighted by atomic mass is 16.5. The molecule has 3 rings (SSSR count). The van der Waals surface area contributed by atoms with Crippen LogP contribution < -0.4 is 4.74 Å². The molecule has 1 aromatic carbocycles. The van der Waals surface area contributed by atoms with Crippen molar-refractivity contribution < 1.29 is 9.53 Å². The third-order valence-electron chi connectivity index (χ3n) is 4.05. The Morgan fingerprint density at radius 1 is 1.26 bits per heavy atom. The van der Waals surface area contributed by atoms with Gasteiger partial charge in [-0.15, -0.1) is 0 Å². The monoisotopic (exact) mass is 311 g/mol. The Morgan fingerprint density at radius 2 is 2.04 bits per heavy atom. The molecule has 1 unspecified atom stereocenters. The van der Waals surface area contributed by atoms with E-state index in [0.717, 1.165) is 36.7 Å². The molecule has 0 bridgehead atoms. The maximum absolute atomic E-state index is 11.6. The van der Waals surface area contributed by atoms with Gasteiger partial charge in [0.25, 0.3) is 0 Å². The summed E-state index contributed by atoms with van der Waals surface area (Å²) in [5.74, 6) is 2.36. The molecule has 0 radical (unpaired) electrons. The Labute approximate surface area is 136 Å². The predicted molar refractivity (Wildman–Crippen MR) is 87.5 cm³/mol. The van der Waals surface area contributed by atoms with Gasteiger partial charge in [0.05, 0.1) is 0 Å². The standard InChI is InChI=1S/C18H21N3O2/c1-13-11-17(23-16-8-4-3-5-9-16)20-18(19-13)15-7-6-10-21(12-15)14(2)22/h3-5,8-9,11,15H,6-7,10,12H2,1-2H3. The Morgan fingerprint density at radius 3 is 2.78 bits per heavy atom. The fourth-order valence-electron chi connectivity index (χ4n) is 2.88. The lowest BCUT2D eigenvalue weighted by Crippen LogP contribution is -2.38. The zero-order valence-electron chi connectivity index (χ0n) is 13.5. The average Bonchev–Trinajstić information content (AvgIpc) is 2.55. The van der Waals surface area contributed by atoms with Crippen LogP contribution in [0.25, 0.3) is 0 Å². The van der Waals surface area contributed by atoms with E-state index < -0.39 is 0 Å². The molecule has 1 atom stereocenters. The summed E-state index contributed by atoms with van der Waals surface area (Å²) in [6.07, 6.45) is 1.98. The normalized spacial score (nSPS) is 17.8. The minimum absolute atomic E-state index is 0.114. The third kappa shape index (κ3) is 3.86. The van der Waals surface area contributed by atoms with Gasteiger partial charge in [-0.3, -0.25) is 4.79 Å². The van der Waals surface area contributed by atoms with Gasteiger partial charge in [-0.25, -0.2) is 4.98 Å². The van der Waals surface area contributed by atoms with Crippen LogP contribution in [0.4, 0.5) is 0 Å². The van der Waals surface area contributed by atoms with E-state index in [9.17, 15) is 4.79 Å². The fourth-order valence-corrected chi connectivity index (χ4v) is 2.88. The van der Waals surface area contributed by atoms with Gasteiger partial charge in [0.1, 0.15) is 11.6 Å². The van der Waals surface area contributed by atoms with Gasteiger partial charge in [0.2, 0.25) is 11.8 Å². The molecule has 120 valence electrons. The first kappa shape index (κ1) is 15.5. The molecular formula is C18H21N3O2. The number of hydrogen-bond donors (Lipinski definition) is 0. The molecule has 1 saturated heterocycles. The first-order valence-corrected chi connectivity index (χ1v) is 7.96. The second kappa shape index (κ2) is 6.77. The third-order valence-corrected chi connectivity index (χ3v) is 4.05. The van der Waals surface area contributed by atoms with Gasteiger partial charge in [-0.1, -0.05) is 18.2 Å². The summed E-state index contributed by atoms with van der Waals surface area (Å²) in [6.45, 7) is 5.06. The van der Waals surface area contributed by atoms with Crippen LogP contribution >= 0.6 is 0 Å². The number of benzene rings is 1. The number of ether oxygens (including phenoxy) is 1. The maximum atomic E-state index is 11.6. The van der Waals surface area contributed by atoms with Crippen molar-refractivity contribution in [1.29, 1.82) is 0 Å². The molecule has 1 amide bonds. The average molecular weight is 311 g/mol. The van der Waals surface area contributed by atoms with Gasteiger partial charge in [0, 0.05) is 37.7 Å². The van der Waals surface area contributed by atoms with Crippen molar-refractivity contribution in [2.24, 2.45) is 0 Å². The largest absolute Gasteiger partial charge is 0.439 e. The summed E-state index contributed by atoms with van der Waals surface area (Å²) in [4.78, 5) is 22.6. The van der Waals surface area contributed by atoms with E-state index in [1.165, 1.54) is 0 Å². The number of carbonyl (C=O) groups is 1. The van der Waals surface area contributed by atoms with Gasteiger partial charge in [-0.2, -0.15) is 4.98 Å². The quantitative estimate of drug-likeness (QED) is 0.872. The van der Waals surface area contributed by atoms with Crippen LogP contribution in [0.3, 0.4) is 0 Å². The van der Waals surface area contributed by atoms with Crippen molar-refractivity contribution in [2.45, 2.75) is 32.6 Å². The SMILES string of the molecule is CC(=O)N1CCCC(c2nc(C)cc(Oc3ccccc3)n2)C1. The number of para-hydroxylation sites is 1. The molecule has 1 aromatic heterocycles. The Bertz CT molecular complexity index is 688. The van der Waals surface area contributed by atoms with Crippen molar-refractivity contribution in [3.63, 3.8) is 0 Å². The summed E-state index contributed by atoms with van der Waals surface area (Å²) in [5, 5.41) is 0. The smallest absolute Gasteiger partial charge is 0.222 e. The van der Waals surface area contributed by atoms with Gasteiger partial charge in [0.15, 0.2) is 0 Å².